The van der Waals surface area contributed by atoms with E-state index in [-0.39, 0.29) is 16.5 Å². The van der Waals surface area contributed by atoms with Crippen molar-refractivity contribution in [2.45, 2.75) is 18.2 Å². The molecule has 2 aromatic rings. The van der Waals surface area contributed by atoms with Crippen LogP contribution in [-0.2, 0) is 14.8 Å². The number of amides is 2. The second kappa shape index (κ2) is 9.47. The molecule has 2 aromatic carbocycles. The van der Waals surface area contributed by atoms with Crippen molar-refractivity contribution < 1.29 is 17.9 Å². The van der Waals surface area contributed by atoms with Gasteiger partial charge in [0.25, 0.3) is 10.0 Å². The van der Waals surface area contributed by atoms with Crippen LogP contribution in [0.25, 0.3) is 0 Å². The minimum Gasteiger partial charge on any atom is -0.381 e. The highest BCUT2D eigenvalue weighted by Gasteiger charge is 2.26. The Hall–Kier alpha value is -2.29. The van der Waals surface area contributed by atoms with E-state index in [0.717, 1.165) is 6.42 Å². The first-order valence-corrected chi connectivity index (χ1v) is 11.2. The molecule has 156 valence electrons. The third kappa shape index (κ3) is 5.20. The van der Waals surface area contributed by atoms with Crippen LogP contribution in [0, 0.1) is 5.92 Å². The van der Waals surface area contributed by atoms with Crippen molar-refractivity contribution in [1.82, 2.24) is 5.32 Å². The van der Waals surface area contributed by atoms with E-state index in [1.54, 1.807) is 37.3 Å². The lowest BCUT2D eigenvalue weighted by Crippen LogP contribution is -2.33. The number of hydrogen-bond acceptors (Lipinski definition) is 4. The van der Waals surface area contributed by atoms with E-state index in [2.05, 4.69) is 10.6 Å². The summed E-state index contributed by atoms with van der Waals surface area (Å²) in [5, 5.41) is 5.54. The fourth-order valence-electron chi connectivity index (χ4n) is 3.14. The molecule has 0 aromatic heterocycles. The molecular formula is C20H24ClN3O4S. The number of ether oxygens (including phenoxy) is 1. The van der Waals surface area contributed by atoms with E-state index in [4.69, 9.17) is 16.3 Å². The van der Waals surface area contributed by atoms with Crippen LogP contribution in [0.15, 0.2) is 53.4 Å². The molecule has 1 aliphatic rings. The van der Waals surface area contributed by atoms with Gasteiger partial charge in [-0.2, -0.15) is 0 Å². The highest BCUT2D eigenvalue weighted by Crippen LogP contribution is 2.30. The highest BCUT2D eigenvalue weighted by molar-refractivity contribution is 7.93. The molecule has 0 unspecified atom stereocenters. The molecule has 0 aliphatic carbocycles. The maximum atomic E-state index is 13.2. The molecule has 1 atom stereocenters. The Morgan fingerprint density at radius 1 is 1.24 bits per heavy atom. The Morgan fingerprint density at radius 2 is 2.00 bits per heavy atom. The van der Waals surface area contributed by atoms with E-state index in [1.807, 2.05) is 6.07 Å². The Balaban J connectivity index is 1.77. The van der Waals surface area contributed by atoms with Crippen LogP contribution in [0.4, 0.5) is 16.2 Å². The summed E-state index contributed by atoms with van der Waals surface area (Å²) in [5.41, 5.74) is 0.887. The molecule has 2 amide bonds. The Labute approximate surface area is 176 Å². The average molecular weight is 438 g/mol. The number of nitrogens with zero attached hydrogens (tertiary/aromatic N) is 1. The molecule has 2 N–H and O–H groups in total. The standard InChI is InChI=1S/C20H24ClN3O4S/c1-2-24(17-6-4-3-5-7-17)29(26,27)19-12-16(8-9-18(19)21)23-20(25)22-13-15-10-11-28-14-15/h3-9,12,15H,2,10-11,13-14H2,1H3,(H2,22,23,25)/t15-/m0/s1. The number of anilines is 2. The van der Waals surface area contributed by atoms with Crippen molar-refractivity contribution >= 4 is 39.0 Å². The third-order valence-electron chi connectivity index (χ3n) is 4.66. The number of nitrogens with one attached hydrogen (secondary N) is 2. The lowest BCUT2D eigenvalue weighted by Gasteiger charge is -2.23. The van der Waals surface area contributed by atoms with E-state index < -0.39 is 16.1 Å². The van der Waals surface area contributed by atoms with Gasteiger partial charge in [-0.05, 0) is 43.7 Å². The number of para-hydroxylation sites is 1. The van der Waals surface area contributed by atoms with Crippen molar-refractivity contribution in [3.63, 3.8) is 0 Å². The molecule has 0 saturated carbocycles. The van der Waals surface area contributed by atoms with Crippen LogP contribution >= 0.6 is 11.6 Å². The zero-order valence-corrected chi connectivity index (χ0v) is 17.7. The van der Waals surface area contributed by atoms with Gasteiger partial charge in [-0.15, -0.1) is 0 Å². The van der Waals surface area contributed by atoms with Crippen LogP contribution < -0.4 is 14.9 Å². The number of sulfonamides is 1. The summed E-state index contributed by atoms with van der Waals surface area (Å²) >= 11 is 6.20. The van der Waals surface area contributed by atoms with Crippen LogP contribution in [0.1, 0.15) is 13.3 Å². The molecule has 0 radical (unpaired) electrons. The van der Waals surface area contributed by atoms with Crippen LogP contribution in [0.2, 0.25) is 5.02 Å². The lowest BCUT2D eigenvalue weighted by atomic mass is 10.1. The van der Waals surface area contributed by atoms with Gasteiger partial charge in [-0.1, -0.05) is 29.8 Å². The maximum absolute atomic E-state index is 13.2. The molecule has 29 heavy (non-hydrogen) atoms. The number of benzene rings is 2. The topological polar surface area (TPSA) is 87.7 Å². The van der Waals surface area contributed by atoms with Gasteiger partial charge in [0, 0.05) is 31.3 Å². The fourth-order valence-corrected chi connectivity index (χ4v) is 5.12. The summed E-state index contributed by atoms with van der Waals surface area (Å²) in [6, 6.07) is 12.8. The normalized spacial score (nSPS) is 16.4. The van der Waals surface area contributed by atoms with E-state index in [9.17, 15) is 13.2 Å². The molecule has 1 aliphatic heterocycles. The van der Waals surface area contributed by atoms with Gasteiger partial charge < -0.3 is 15.4 Å². The third-order valence-corrected chi connectivity index (χ3v) is 7.05. The Kier molecular flexibility index (Phi) is 7.00. The smallest absolute Gasteiger partial charge is 0.319 e. The van der Waals surface area contributed by atoms with Gasteiger partial charge in [0.1, 0.15) is 4.90 Å². The van der Waals surface area contributed by atoms with Crippen molar-refractivity contribution in [3.05, 3.63) is 53.6 Å². The van der Waals surface area contributed by atoms with Crippen molar-refractivity contribution in [3.8, 4) is 0 Å². The van der Waals surface area contributed by atoms with Gasteiger partial charge in [0.05, 0.1) is 17.3 Å². The van der Waals surface area contributed by atoms with Crippen molar-refractivity contribution in [2.24, 2.45) is 5.92 Å². The van der Waals surface area contributed by atoms with E-state index >= 15 is 0 Å². The van der Waals surface area contributed by atoms with Crippen LogP contribution in [0.5, 0.6) is 0 Å². The summed E-state index contributed by atoms with van der Waals surface area (Å²) < 4.78 is 33.0. The monoisotopic (exact) mass is 437 g/mol. The number of urea groups is 1. The van der Waals surface area contributed by atoms with Crippen LogP contribution in [0.3, 0.4) is 0 Å². The summed E-state index contributed by atoms with van der Waals surface area (Å²) in [4.78, 5) is 12.1. The quantitative estimate of drug-likeness (QED) is 0.691. The number of carbonyl (C=O) groups excluding carboxylic acids is 1. The molecule has 9 heteroatoms. The van der Waals surface area contributed by atoms with Gasteiger partial charge >= 0.3 is 6.03 Å². The van der Waals surface area contributed by atoms with E-state index in [1.165, 1.54) is 16.4 Å². The highest BCUT2D eigenvalue weighted by atomic mass is 35.5. The second-order valence-corrected chi connectivity index (χ2v) is 8.95. The zero-order chi connectivity index (χ0) is 20.9. The first-order chi connectivity index (χ1) is 13.9. The predicted octanol–water partition coefficient (Wildman–Crippen LogP) is 3.71. The first kappa shape index (κ1) is 21.4. The summed E-state index contributed by atoms with van der Waals surface area (Å²) in [7, 11) is -3.91. The van der Waals surface area contributed by atoms with Crippen molar-refractivity contribution in [2.75, 3.05) is 35.9 Å². The van der Waals surface area contributed by atoms with Gasteiger partial charge in [-0.25, -0.2) is 13.2 Å². The largest absolute Gasteiger partial charge is 0.381 e. The van der Waals surface area contributed by atoms with E-state index in [0.29, 0.717) is 37.1 Å². The average Bonchev–Trinajstić information content (AvgIpc) is 3.23. The molecule has 3 rings (SSSR count). The molecule has 0 bridgehead atoms. The van der Waals surface area contributed by atoms with Gasteiger partial charge in [0.2, 0.25) is 0 Å². The summed E-state index contributed by atoms with van der Waals surface area (Å²) in [6.07, 6.45) is 0.913. The van der Waals surface area contributed by atoms with Crippen LogP contribution in [-0.4, -0.2) is 40.8 Å². The minimum atomic E-state index is -3.91. The number of halogens is 1. The first-order valence-electron chi connectivity index (χ1n) is 9.41. The van der Waals surface area contributed by atoms with Gasteiger partial charge in [0.15, 0.2) is 0 Å². The number of hydrogen-bond donors (Lipinski definition) is 2. The molecular weight excluding hydrogens is 414 g/mol. The SMILES string of the molecule is CCN(c1ccccc1)S(=O)(=O)c1cc(NC(=O)NC[C@@H]2CCOC2)ccc1Cl. The fraction of sp³-hybridized carbons (Fsp3) is 0.350. The number of carbonyl (C=O) groups is 1. The molecule has 1 heterocycles. The predicted molar refractivity (Wildman–Crippen MR) is 114 cm³/mol. The maximum Gasteiger partial charge on any atom is 0.319 e. The zero-order valence-electron chi connectivity index (χ0n) is 16.1. The molecule has 7 nitrogen and oxygen atoms in total. The Morgan fingerprint density at radius 3 is 2.66 bits per heavy atom. The van der Waals surface area contributed by atoms with Gasteiger partial charge in [-0.3, -0.25) is 4.31 Å². The number of rotatable bonds is 7. The molecule has 0 spiro atoms. The summed E-state index contributed by atoms with van der Waals surface area (Å²) in [6.45, 7) is 3.84. The molecule has 1 saturated heterocycles. The molecule has 1 fully saturated rings. The Bertz CT molecular complexity index is 947. The lowest BCUT2D eigenvalue weighted by molar-refractivity contribution is 0.185. The van der Waals surface area contributed by atoms with Crippen molar-refractivity contribution in [1.29, 1.82) is 0 Å². The minimum absolute atomic E-state index is 0.0631. The summed E-state index contributed by atoms with van der Waals surface area (Å²) in [5.74, 6) is 0.297. The second-order valence-electron chi connectivity index (χ2n) is 6.72.